The molecule has 0 N–H and O–H groups in total. The van der Waals surface area contributed by atoms with Gasteiger partial charge in [-0.1, -0.05) is 43.3 Å². The molecule has 0 spiro atoms. The number of hydrogen-bond acceptors (Lipinski definition) is 0. The van der Waals surface area contributed by atoms with Gasteiger partial charge in [0.1, 0.15) is 0 Å². The molecule has 1 aliphatic carbocycles. The van der Waals surface area contributed by atoms with E-state index in [2.05, 4.69) is 49.9 Å². The van der Waals surface area contributed by atoms with Crippen LogP contribution in [0, 0.1) is 11.8 Å². The Hall–Kier alpha value is -1.04. The standard InChI is InChI=1S/C14H18/c1-3-7-13-10-14(13)11(2)12-8-5-4-6-9-12/h3-6,8-9,11,13-14H,1,7,10H2,2H3. The van der Waals surface area contributed by atoms with Crippen molar-refractivity contribution in [1.29, 1.82) is 0 Å². The van der Waals surface area contributed by atoms with E-state index in [9.17, 15) is 0 Å². The van der Waals surface area contributed by atoms with Crippen molar-refractivity contribution >= 4 is 0 Å². The van der Waals surface area contributed by atoms with E-state index >= 15 is 0 Å². The molecule has 1 fully saturated rings. The minimum atomic E-state index is 0.723. The van der Waals surface area contributed by atoms with Crippen LogP contribution in [-0.4, -0.2) is 0 Å². The van der Waals surface area contributed by atoms with Crippen LogP contribution in [0.4, 0.5) is 0 Å². The lowest BCUT2D eigenvalue weighted by atomic mass is 9.95. The molecule has 0 heteroatoms. The van der Waals surface area contributed by atoms with E-state index in [1.165, 1.54) is 18.4 Å². The van der Waals surface area contributed by atoms with Gasteiger partial charge in [0.25, 0.3) is 0 Å². The third-order valence-electron chi connectivity index (χ3n) is 3.41. The highest BCUT2D eigenvalue weighted by molar-refractivity contribution is 5.21. The highest BCUT2D eigenvalue weighted by Crippen LogP contribution is 2.50. The molecule has 3 atom stereocenters. The first-order chi connectivity index (χ1) is 6.83. The van der Waals surface area contributed by atoms with Crippen LogP contribution in [0.2, 0.25) is 0 Å². The van der Waals surface area contributed by atoms with Crippen molar-refractivity contribution in [1.82, 2.24) is 0 Å². The van der Waals surface area contributed by atoms with Gasteiger partial charge in [0.2, 0.25) is 0 Å². The minimum Gasteiger partial charge on any atom is -0.103 e. The summed E-state index contributed by atoms with van der Waals surface area (Å²) in [4.78, 5) is 0. The number of hydrogen-bond donors (Lipinski definition) is 0. The summed E-state index contributed by atoms with van der Waals surface area (Å²) in [5.74, 6) is 2.53. The van der Waals surface area contributed by atoms with E-state index in [4.69, 9.17) is 0 Å². The van der Waals surface area contributed by atoms with Gasteiger partial charge in [-0.3, -0.25) is 0 Å². The molecule has 0 nitrogen and oxygen atoms in total. The summed E-state index contributed by atoms with van der Waals surface area (Å²) in [6.07, 6.45) is 4.65. The second-order valence-electron chi connectivity index (χ2n) is 4.38. The van der Waals surface area contributed by atoms with Crippen molar-refractivity contribution in [2.75, 3.05) is 0 Å². The van der Waals surface area contributed by atoms with E-state index in [1.807, 2.05) is 0 Å². The Morgan fingerprint density at radius 2 is 2.14 bits per heavy atom. The molecule has 14 heavy (non-hydrogen) atoms. The van der Waals surface area contributed by atoms with Crippen LogP contribution < -0.4 is 0 Å². The Kier molecular flexibility index (Phi) is 2.72. The van der Waals surface area contributed by atoms with E-state index < -0.39 is 0 Å². The first kappa shape index (κ1) is 9.51. The Labute approximate surface area is 86.7 Å². The molecule has 3 unspecified atom stereocenters. The van der Waals surface area contributed by atoms with Crippen molar-refractivity contribution in [3.05, 3.63) is 48.6 Å². The van der Waals surface area contributed by atoms with E-state index in [-0.39, 0.29) is 0 Å². The molecule has 0 saturated heterocycles. The number of rotatable bonds is 4. The van der Waals surface area contributed by atoms with Gasteiger partial charge in [-0.15, -0.1) is 6.58 Å². The quantitative estimate of drug-likeness (QED) is 0.623. The Morgan fingerprint density at radius 1 is 1.43 bits per heavy atom. The van der Waals surface area contributed by atoms with E-state index in [0.717, 1.165) is 17.8 Å². The molecular weight excluding hydrogens is 168 g/mol. The van der Waals surface area contributed by atoms with Gasteiger partial charge in [0.15, 0.2) is 0 Å². The van der Waals surface area contributed by atoms with Crippen LogP contribution in [0.15, 0.2) is 43.0 Å². The lowest BCUT2D eigenvalue weighted by Crippen LogP contribution is -1.97. The highest BCUT2D eigenvalue weighted by Gasteiger charge is 2.39. The van der Waals surface area contributed by atoms with Crippen molar-refractivity contribution < 1.29 is 0 Å². The SMILES string of the molecule is C=CCC1CC1C(C)c1ccccc1. The molecule has 1 saturated carbocycles. The maximum Gasteiger partial charge on any atom is -0.0159 e. The summed E-state index contributed by atoms with van der Waals surface area (Å²) in [6, 6.07) is 10.8. The topological polar surface area (TPSA) is 0 Å². The zero-order valence-electron chi connectivity index (χ0n) is 8.82. The van der Waals surface area contributed by atoms with Gasteiger partial charge < -0.3 is 0 Å². The lowest BCUT2D eigenvalue weighted by Gasteiger charge is -2.10. The van der Waals surface area contributed by atoms with Gasteiger partial charge in [-0.05, 0) is 36.2 Å². The van der Waals surface area contributed by atoms with E-state index in [0.29, 0.717) is 0 Å². The summed E-state index contributed by atoms with van der Waals surface area (Å²) in [5.41, 5.74) is 1.49. The molecule has 1 aromatic rings. The van der Waals surface area contributed by atoms with Crippen molar-refractivity contribution in [3.8, 4) is 0 Å². The normalized spacial score (nSPS) is 26.9. The largest absolute Gasteiger partial charge is 0.103 e. The monoisotopic (exact) mass is 186 g/mol. The number of allylic oxidation sites excluding steroid dienone is 1. The summed E-state index contributed by atoms with van der Waals surface area (Å²) < 4.78 is 0. The average molecular weight is 186 g/mol. The van der Waals surface area contributed by atoms with Crippen molar-refractivity contribution in [2.45, 2.75) is 25.7 Å². The lowest BCUT2D eigenvalue weighted by molar-refractivity contribution is 0.600. The predicted octanol–water partition coefficient (Wildman–Crippen LogP) is 4.00. The van der Waals surface area contributed by atoms with Crippen LogP contribution in [0.25, 0.3) is 0 Å². The van der Waals surface area contributed by atoms with Crippen molar-refractivity contribution in [3.63, 3.8) is 0 Å². The van der Waals surface area contributed by atoms with Crippen LogP contribution in [0.5, 0.6) is 0 Å². The third-order valence-corrected chi connectivity index (χ3v) is 3.41. The second kappa shape index (κ2) is 4.00. The van der Waals surface area contributed by atoms with Gasteiger partial charge in [0.05, 0.1) is 0 Å². The molecular formula is C14H18. The molecule has 0 aromatic heterocycles. The maximum absolute atomic E-state index is 3.81. The molecule has 0 radical (unpaired) electrons. The summed E-state index contributed by atoms with van der Waals surface area (Å²) >= 11 is 0. The van der Waals surface area contributed by atoms with E-state index in [1.54, 1.807) is 0 Å². The number of benzene rings is 1. The Balaban J connectivity index is 1.98. The molecule has 74 valence electrons. The smallest absolute Gasteiger partial charge is 0.0159 e. The van der Waals surface area contributed by atoms with Gasteiger partial charge in [0, 0.05) is 0 Å². The van der Waals surface area contributed by atoms with Crippen LogP contribution in [0.1, 0.15) is 31.2 Å². The molecule has 0 heterocycles. The maximum atomic E-state index is 3.81. The molecule has 0 bridgehead atoms. The molecule has 1 aromatic carbocycles. The predicted molar refractivity (Wildman–Crippen MR) is 61.3 cm³/mol. The highest BCUT2D eigenvalue weighted by atomic mass is 14.4. The van der Waals surface area contributed by atoms with Crippen LogP contribution in [0.3, 0.4) is 0 Å². The summed E-state index contributed by atoms with van der Waals surface area (Å²) in [6.45, 7) is 6.16. The van der Waals surface area contributed by atoms with Gasteiger partial charge in [-0.2, -0.15) is 0 Å². The molecule has 0 amide bonds. The van der Waals surface area contributed by atoms with Crippen molar-refractivity contribution in [2.24, 2.45) is 11.8 Å². The zero-order chi connectivity index (χ0) is 9.97. The summed E-state index contributed by atoms with van der Waals surface area (Å²) in [5, 5.41) is 0. The molecule has 1 aliphatic rings. The average Bonchev–Trinajstić information content (AvgIpc) is 2.98. The molecule has 0 aliphatic heterocycles. The van der Waals surface area contributed by atoms with Gasteiger partial charge in [-0.25, -0.2) is 0 Å². The Bertz CT molecular complexity index is 299. The Morgan fingerprint density at radius 3 is 2.79 bits per heavy atom. The fourth-order valence-electron chi connectivity index (χ4n) is 2.37. The fraction of sp³-hybridized carbons (Fsp3) is 0.429. The third kappa shape index (κ3) is 1.89. The first-order valence-electron chi connectivity index (χ1n) is 5.48. The molecule has 2 rings (SSSR count). The second-order valence-corrected chi connectivity index (χ2v) is 4.38. The van der Waals surface area contributed by atoms with Crippen LogP contribution >= 0.6 is 0 Å². The minimum absolute atomic E-state index is 0.723. The zero-order valence-corrected chi connectivity index (χ0v) is 8.82. The first-order valence-corrected chi connectivity index (χ1v) is 5.48. The van der Waals surface area contributed by atoms with Crippen LogP contribution in [-0.2, 0) is 0 Å². The summed E-state index contributed by atoms with van der Waals surface area (Å²) in [7, 11) is 0. The van der Waals surface area contributed by atoms with Gasteiger partial charge >= 0.3 is 0 Å². The fourth-order valence-corrected chi connectivity index (χ4v) is 2.37.